The summed E-state index contributed by atoms with van der Waals surface area (Å²) in [7, 11) is 0. The van der Waals surface area contributed by atoms with Crippen molar-refractivity contribution >= 4 is 33.7 Å². The number of aryl methyl sites for hydroxylation is 1. The van der Waals surface area contributed by atoms with E-state index < -0.39 is 0 Å². The average Bonchev–Trinajstić information content (AvgIpc) is 3.20. The minimum absolute atomic E-state index is 0.120. The standard InChI is InChI=1S/C18H14N4OS/c1-11-13(10-19-22-11)15-9-14-17(24-15)18(23)21-16(20-14)8-7-12-5-3-2-4-6-12/h2-10H,1H3,(H,19,22)(H,20,21,23)/b8-7+. The van der Waals surface area contributed by atoms with Gasteiger partial charge in [0.2, 0.25) is 0 Å². The fourth-order valence-electron chi connectivity index (χ4n) is 2.51. The lowest BCUT2D eigenvalue weighted by Gasteiger charge is -1.94. The van der Waals surface area contributed by atoms with Crippen LogP contribution in [0.25, 0.3) is 32.8 Å². The predicted molar refractivity (Wildman–Crippen MR) is 97.9 cm³/mol. The molecule has 0 radical (unpaired) electrons. The second kappa shape index (κ2) is 5.90. The van der Waals surface area contributed by atoms with Crippen molar-refractivity contribution in [1.82, 2.24) is 20.2 Å². The maximum Gasteiger partial charge on any atom is 0.269 e. The SMILES string of the molecule is Cc1[nH]ncc1-c1cc2nc(/C=C/c3ccccc3)[nH]c(=O)c2s1. The van der Waals surface area contributed by atoms with Crippen LogP contribution in [0.5, 0.6) is 0 Å². The molecule has 0 bridgehead atoms. The van der Waals surface area contributed by atoms with Gasteiger partial charge < -0.3 is 4.98 Å². The minimum atomic E-state index is -0.120. The third-order valence-corrected chi connectivity index (χ3v) is 4.89. The van der Waals surface area contributed by atoms with Crippen LogP contribution in [0.3, 0.4) is 0 Å². The van der Waals surface area contributed by atoms with Gasteiger partial charge in [0.05, 0.1) is 11.7 Å². The van der Waals surface area contributed by atoms with E-state index >= 15 is 0 Å². The van der Waals surface area contributed by atoms with Crippen molar-refractivity contribution < 1.29 is 0 Å². The van der Waals surface area contributed by atoms with E-state index in [-0.39, 0.29) is 5.56 Å². The van der Waals surface area contributed by atoms with Crippen molar-refractivity contribution in [2.45, 2.75) is 6.92 Å². The summed E-state index contributed by atoms with van der Waals surface area (Å²) >= 11 is 1.43. The Balaban J connectivity index is 1.76. The van der Waals surface area contributed by atoms with Gasteiger partial charge in [-0.3, -0.25) is 9.89 Å². The summed E-state index contributed by atoms with van der Waals surface area (Å²) in [5.41, 5.74) is 3.61. The number of aromatic nitrogens is 4. The molecule has 4 aromatic rings. The van der Waals surface area contributed by atoms with Gasteiger partial charge in [-0.1, -0.05) is 36.4 Å². The largest absolute Gasteiger partial charge is 0.306 e. The topological polar surface area (TPSA) is 74.4 Å². The molecule has 0 saturated heterocycles. The number of H-pyrrole nitrogens is 2. The first-order valence-corrected chi connectivity index (χ1v) is 8.30. The quantitative estimate of drug-likeness (QED) is 0.597. The summed E-state index contributed by atoms with van der Waals surface area (Å²) < 4.78 is 0.627. The number of nitrogens with one attached hydrogen (secondary N) is 2. The Morgan fingerprint density at radius 1 is 1.17 bits per heavy atom. The molecule has 0 aliphatic rings. The van der Waals surface area contributed by atoms with Gasteiger partial charge >= 0.3 is 0 Å². The van der Waals surface area contributed by atoms with Gasteiger partial charge in [0.15, 0.2) is 0 Å². The van der Waals surface area contributed by atoms with Gasteiger partial charge in [0.1, 0.15) is 10.5 Å². The maximum atomic E-state index is 12.3. The van der Waals surface area contributed by atoms with Crippen LogP contribution >= 0.6 is 11.3 Å². The molecule has 0 aliphatic heterocycles. The summed E-state index contributed by atoms with van der Waals surface area (Å²) in [6.45, 7) is 1.96. The molecule has 118 valence electrons. The van der Waals surface area contributed by atoms with Gasteiger partial charge in [-0.15, -0.1) is 11.3 Å². The van der Waals surface area contributed by atoms with Crippen molar-refractivity contribution in [2.75, 3.05) is 0 Å². The Kier molecular flexibility index (Phi) is 3.59. The molecule has 2 N–H and O–H groups in total. The molecular weight excluding hydrogens is 320 g/mol. The lowest BCUT2D eigenvalue weighted by atomic mass is 10.2. The van der Waals surface area contributed by atoms with E-state index in [1.807, 2.05) is 55.5 Å². The molecule has 0 saturated carbocycles. The van der Waals surface area contributed by atoms with E-state index in [1.165, 1.54) is 11.3 Å². The molecular formula is C18H14N4OS. The first-order chi connectivity index (χ1) is 11.7. The number of thiophene rings is 1. The molecule has 3 heterocycles. The van der Waals surface area contributed by atoms with Crippen molar-refractivity contribution in [3.05, 3.63) is 70.0 Å². The molecule has 0 aliphatic carbocycles. The van der Waals surface area contributed by atoms with Crippen LogP contribution in [-0.2, 0) is 0 Å². The minimum Gasteiger partial charge on any atom is -0.306 e. The Morgan fingerprint density at radius 2 is 2.00 bits per heavy atom. The van der Waals surface area contributed by atoms with Gasteiger partial charge in [-0.25, -0.2) is 4.98 Å². The fraction of sp³-hybridized carbons (Fsp3) is 0.0556. The third kappa shape index (κ3) is 2.68. The average molecular weight is 334 g/mol. The predicted octanol–water partition coefficient (Wildman–Crippen LogP) is 3.85. The lowest BCUT2D eigenvalue weighted by Crippen LogP contribution is -2.07. The van der Waals surface area contributed by atoms with E-state index in [0.717, 1.165) is 21.7 Å². The second-order valence-electron chi connectivity index (χ2n) is 5.43. The molecule has 6 heteroatoms. The summed E-state index contributed by atoms with van der Waals surface area (Å²) in [5, 5.41) is 6.95. The zero-order valence-corrected chi connectivity index (χ0v) is 13.7. The summed E-state index contributed by atoms with van der Waals surface area (Å²) in [6.07, 6.45) is 5.51. The zero-order valence-electron chi connectivity index (χ0n) is 12.9. The van der Waals surface area contributed by atoms with Crippen LogP contribution in [0, 0.1) is 6.92 Å². The number of hydrogen-bond donors (Lipinski definition) is 2. The Labute approximate surface area is 141 Å². The Bertz CT molecular complexity index is 1090. The molecule has 0 amide bonds. The number of nitrogens with zero attached hydrogens (tertiary/aromatic N) is 2. The van der Waals surface area contributed by atoms with Crippen LogP contribution in [0.4, 0.5) is 0 Å². The molecule has 0 fully saturated rings. The van der Waals surface area contributed by atoms with Crippen molar-refractivity contribution in [3.8, 4) is 10.4 Å². The van der Waals surface area contributed by atoms with Crippen LogP contribution in [-0.4, -0.2) is 20.2 Å². The molecule has 1 aromatic carbocycles. The molecule has 3 aromatic heterocycles. The molecule has 4 rings (SSSR count). The lowest BCUT2D eigenvalue weighted by molar-refractivity contribution is 1.05. The smallest absolute Gasteiger partial charge is 0.269 e. The number of hydrogen-bond acceptors (Lipinski definition) is 4. The first-order valence-electron chi connectivity index (χ1n) is 7.48. The summed E-state index contributed by atoms with van der Waals surface area (Å²) in [6, 6.07) is 11.8. The van der Waals surface area contributed by atoms with Crippen molar-refractivity contribution in [2.24, 2.45) is 0 Å². The number of rotatable bonds is 3. The summed E-state index contributed by atoms with van der Waals surface area (Å²) in [4.78, 5) is 20.7. The zero-order chi connectivity index (χ0) is 16.5. The van der Waals surface area contributed by atoms with Crippen LogP contribution in [0.2, 0.25) is 0 Å². The molecule has 0 atom stereocenters. The van der Waals surface area contributed by atoms with Gasteiger partial charge in [0, 0.05) is 16.1 Å². The second-order valence-corrected chi connectivity index (χ2v) is 6.48. The monoisotopic (exact) mass is 334 g/mol. The highest BCUT2D eigenvalue weighted by molar-refractivity contribution is 7.22. The van der Waals surface area contributed by atoms with Crippen LogP contribution in [0.15, 0.2) is 47.4 Å². The highest BCUT2D eigenvalue weighted by atomic mass is 32.1. The van der Waals surface area contributed by atoms with E-state index in [1.54, 1.807) is 6.20 Å². The van der Waals surface area contributed by atoms with Crippen LogP contribution < -0.4 is 5.56 Å². The van der Waals surface area contributed by atoms with E-state index in [0.29, 0.717) is 16.0 Å². The van der Waals surface area contributed by atoms with E-state index in [4.69, 9.17) is 0 Å². The number of aromatic amines is 2. The van der Waals surface area contributed by atoms with Gasteiger partial charge in [-0.2, -0.15) is 5.10 Å². The number of fused-ring (bicyclic) bond motifs is 1. The van der Waals surface area contributed by atoms with Gasteiger partial charge in [0.25, 0.3) is 5.56 Å². The van der Waals surface area contributed by atoms with E-state index in [9.17, 15) is 4.79 Å². The third-order valence-electron chi connectivity index (χ3n) is 3.73. The normalized spacial score (nSPS) is 11.5. The first kappa shape index (κ1) is 14.6. The van der Waals surface area contributed by atoms with E-state index in [2.05, 4.69) is 20.2 Å². The van der Waals surface area contributed by atoms with Crippen molar-refractivity contribution in [3.63, 3.8) is 0 Å². The highest BCUT2D eigenvalue weighted by Crippen LogP contribution is 2.31. The summed E-state index contributed by atoms with van der Waals surface area (Å²) in [5.74, 6) is 0.546. The fourth-order valence-corrected chi connectivity index (χ4v) is 3.57. The Hall–Kier alpha value is -2.99. The highest BCUT2D eigenvalue weighted by Gasteiger charge is 2.12. The van der Waals surface area contributed by atoms with Gasteiger partial charge in [-0.05, 0) is 24.6 Å². The molecule has 0 unspecified atom stereocenters. The van der Waals surface area contributed by atoms with Crippen LogP contribution in [0.1, 0.15) is 17.1 Å². The maximum absolute atomic E-state index is 12.3. The number of benzene rings is 1. The molecule has 5 nitrogen and oxygen atoms in total. The molecule has 24 heavy (non-hydrogen) atoms. The van der Waals surface area contributed by atoms with Crippen molar-refractivity contribution in [1.29, 1.82) is 0 Å². The molecule has 0 spiro atoms. The Morgan fingerprint density at radius 3 is 2.75 bits per heavy atom.